The quantitative estimate of drug-likeness (QED) is 0.908. The predicted octanol–water partition coefficient (Wildman–Crippen LogP) is 2.28. The van der Waals surface area contributed by atoms with Crippen LogP contribution in [0.2, 0.25) is 0 Å². The van der Waals surface area contributed by atoms with Gasteiger partial charge in [0.2, 0.25) is 10.0 Å². The van der Waals surface area contributed by atoms with Crippen molar-refractivity contribution in [3.63, 3.8) is 0 Å². The Hall–Kier alpha value is -0.430. The number of hydrogen-bond donors (Lipinski definition) is 1. The average Bonchev–Trinajstić information content (AvgIpc) is 2.93. The van der Waals surface area contributed by atoms with Crippen LogP contribution in [0.5, 0.6) is 0 Å². The first-order valence-corrected chi connectivity index (χ1v) is 9.07. The molecule has 1 saturated heterocycles. The molecule has 2 heterocycles. The highest BCUT2D eigenvalue weighted by Crippen LogP contribution is 2.32. The van der Waals surface area contributed by atoms with Crippen LogP contribution in [0.25, 0.3) is 0 Å². The molecule has 1 aromatic rings. The molecular weight excluding hydrogens is 280 g/mol. The molecule has 6 heteroatoms. The third kappa shape index (κ3) is 3.02. The lowest BCUT2D eigenvalue weighted by Gasteiger charge is -2.21. The van der Waals surface area contributed by atoms with Gasteiger partial charge in [-0.05, 0) is 37.3 Å². The molecule has 19 heavy (non-hydrogen) atoms. The maximum absolute atomic E-state index is 12.7. The van der Waals surface area contributed by atoms with Crippen molar-refractivity contribution in [1.29, 1.82) is 0 Å². The van der Waals surface area contributed by atoms with E-state index in [2.05, 4.69) is 12.2 Å². The molecular formula is C13H22N2O2S2. The summed E-state index contributed by atoms with van der Waals surface area (Å²) in [6.45, 7) is 8.23. The zero-order valence-electron chi connectivity index (χ0n) is 11.7. The summed E-state index contributed by atoms with van der Waals surface area (Å²) < 4.78 is 27.1. The second-order valence-corrected chi connectivity index (χ2v) is 8.11. The van der Waals surface area contributed by atoms with Crippen LogP contribution in [0.1, 0.15) is 32.1 Å². The molecule has 0 spiro atoms. The predicted molar refractivity (Wildman–Crippen MR) is 78.8 cm³/mol. The van der Waals surface area contributed by atoms with E-state index in [0.29, 0.717) is 23.9 Å². The minimum Gasteiger partial charge on any atom is -0.312 e. The molecule has 0 radical (unpaired) electrons. The Kier molecular flexibility index (Phi) is 4.66. The lowest BCUT2D eigenvalue weighted by molar-refractivity contribution is 0.405. The molecule has 0 amide bonds. The first kappa shape index (κ1) is 15.0. The SMILES string of the molecule is CCNCc1sccc1S(=O)(=O)N1CC(C)CC1C. The third-order valence-electron chi connectivity index (χ3n) is 3.55. The average molecular weight is 302 g/mol. The molecule has 1 aliphatic heterocycles. The van der Waals surface area contributed by atoms with Gasteiger partial charge in [0.05, 0.1) is 4.90 Å². The highest BCUT2D eigenvalue weighted by Gasteiger charge is 2.37. The van der Waals surface area contributed by atoms with Gasteiger partial charge < -0.3 is 5.32 Å². The molecule has 1 N–H and O–H groups in total. The van der Waals surface area contributed by atoms with Crippen molar-refractivity contribution in [1.82, 2.24) is 9.62 Å². The maximum Gasteiger partial charge on any atom is 0.244 e. The minimum atomic E-state index is -3.33. The highest BCUT2D eigenvalue weighted by atomic mass is 32.2. The summed E-state index contributed by atoms with van der Waals surface area (Å²) in [5, 5.41) is 5.07. The van der Waals surface area contributed by atoms with E-state index in [9.17, 15) is 8.42 Å². The van der Waals surface area contributed by atoms with Gasteiger partial charge in [-0.15, -0.1) is 11.3 Å². The van der Waals surface area contributed by atoms with E-state index in [1.807, 2.05) is 19.2 Å². The fourth-order valence-corrected chi connectivity index (χ4v) is 5.80. The zero-order chi connectivity index (χ0) is 14.0. The Bertz CT molecular complexity index is 525. The lowest BCUT2D eigenvalue weighted by atomic mass is 10.1. The Morgan fingerprint density at radius 1 is 1.47 bits per heavy atom. The summed E-state index contributed by atoms with van der Waals surface area (Å²) in [5.41, 5.74) is 0. The Balaban J connectivity index is 2.27. The molecule has 2 rings (SSSR count). The molecule has 4 nitrogen and oxygen atoms in total. The van der Waals surface area contributed by atoms with Gasteiger partial charge >= 0.3 is 0 Å². The van der Waals surface area contributed by atoms with Crippen molar-refractivity contribution in [3.05, 3.63) is 16.3 Å². The van der Waals surface area contributed by atoms with Crippen LogP contribution in [0.3, 0.4) is 0 Å². The van der Waals surface area contributed by atoms with Crippen molar-refractivity contribution in [2.45, 2.75) is 44.7 Å². The highest BCUT2D eigenvalue weighted by molar-refractivity contribution is 7.89. The van der Waals surface area contributed by atoms with Crippen LogP contribution in [0, 0.1) is 5.92 Å². The summed E-state index contributed by atoms with van der Waals surface area (Å²) in [5.74, 6) is 0.445. The summed E-state index contributed by atoms with van der Waals surface area (Å²) in [4.78, 5) is 1.40. The van der Waals surface area contributed by atoms with Gasteiger partial charge in [-0.1, -0.05) is 13.8 Å². The molecule has 0 saturated carbocycles. The van der Waals surface area contributed by atoms with E-state index < -0.39 is 10.0 Å². The number of hydrogen-bond acceptors (Lipinski definition) is 4. The van der Waals surface area contributed by atoms with E-state index >= 15 is 0 Å². The number of rotatable bonds is 5. The van der Waals surface area contributed by atoms with E-state index in [1.54, 1.807) is 10.4 Å². The van der Waals surface area contributed by atoms with Crippen LogP contribution in [-0.2, 0) is 16.6 Å². The molecule has 1 aliphatic rings. The first-order valence-electron chi connectivity index (χ1n) is 6.75. The van der Waals surface area contributed by atoms with Crippen LogP contribution in [-0.4, -0.2) is 31.9 Å². The second-order valence-electron chi connectivity index (χ2n) is 5.25. The molecule has 1 aromatic heterocycles. The standard InChI is InChI=1S/C13H22N2O2S2/c1-4-14-8-12-13(5-6-18-12)19(16,17)15-9-10(2)7-11(15)3/h5-6,10-11,14H,4,7-9H2,1-3H3. The Morgan fingerprint density at radius 3 is 2.79 bits per heavy atom. The van der Waals surface area contributed by atoms with Gasteiger partial charge in [-0.2, -0.15) is 4.31 Å². The Labute approximate surface area is 119 Å². The molecule has 1 fully saturated rings. The molecule has 0 bridgehead atoms. The second kappa shape index (κ2) is 5.91. The topological polar surface area (TPSA) is 49.4 Å². The molecule has 2 unspecified atom stereocenters. The van der Waals surface area contributed by atoms with Crippen LogP contribution in [0.15, 0.2) is 16.3 Å². The van der Waals surface area contributed by atoms with Gasteiger partial charge in [-0.25, -0.2) is 8.42 Å². The van der Waals surface area contributed by atoms with Crippen LogP contribution >= 0.6 is 11.3 Å². The summed E-state index contributed by atoms with van der Waals surface area (Å²) in [7, 11) is -3.33. The van der Waals surface area contributed by atoms with Crippen molar-refractivity contribution in [2.24, 2.45) is 5.92 Å². The summed E-state index contributed by atoms with van der Waals surface area (Å²) in [6, 6.07) is 1.84. The van der Waals surface area contributed by atoms with E-state index in [-0.39, 0.29) is 6.04 Å². The number of thiophene rings is 1. The smallest absolute Gasteiger partial charge is 0.244 e. The van der Waals surface area contributed by atoms with Gasteiger partial charge in [-0.3, -0.25) is 0 Å². The Morgan fingerprint density at radius 2 is 2.21 bits per heavy atom. The number of nitrogens with zero attached hydrogens (tertiary/aromatic N) is 1. The van der Waals surface area contributed by atoms with E-state index in [1.165, 1.54) is 11.3 Å². The largest absolute Gasteiger partial charge is 0.312 e. The zero-order valence-corrected chi connectivity index (χ0v) is 13.4. The maximum atomic E-state index is 12.7. The summed E-state index contributed by atoms with van der Waals surface area (Å²) in [6.07, 6.45) is 0.950. The number of sulfonamides is 1. The van der Waals surface area contributed by atoms with Gasteiger partial charge in [0.15, 0.2) is 0 Å². The van der Waals surface area contributed by atoms with Crippen molar-refractivity contribution in [2.75, 3.05) is 13.1 Å². The van der Waals surface area contributed by atoms with Crippen LogP contribution < -0.4 is 5.32 Å². The first-order chi connectivity index (χ1) is 8.96. The fourth-order valence-electron chi connectivity index (χ4n) is 2.65. The van der Waals surface area contributed by atoms with Crippen molar-refractivity contribution >= 4 is 21.4 Å². The fraction of sp³-hybridized carbons (Fsp3) is 0.692. The molecule has 108 valence electrons. The van der Waals surface area contributed by atoms with Gasteiger partial charge in [0.25, 0.3) is 0 Å². The van der Waals surface area contributed by atoms with E-state index in [0.717, 1.165) is 17.8 Å². The minimum absolute atomic E-state index is 0.104. The van der Waals surface area contributed by atoms with Crippen LogP contribution in [0.4, 0.5) is 0 Å². The van der Waals surface area contributed by atoms with E-state index in [4.69, 9.17) is 0 Å². The monoisotopic (exact) mass is 302 g/mol. The van der Waals surface area contributed by atoms with Gasteiger partial charge in [0.1, 0.15) is 0 Å². The molecule has 0 aliphatic carbocycles. The van der Waals surface area contributed by atoms with Gasteiger partial charge in [0, 0.05) is 24.0 Å². The third-order valence-corrected chi connectivity index (χ3v) is 6.67. The number of nitrogens with one attached hydrogen (secondary N) is 1. The summed E-state index contributed by atoms with van der Waals surface area (Å²) >= 11 is 1.51. The van der Waals surface area contributed by atoms with Crippen molar-refractivity contribution in [3.8, 4) is 0 Å². The lowest BCUT2D eigenvalue weighted by Crippen LogP contribution is -2.34. The normalized spacial score (nSPS) is 25.0. The molecule has 2 atom stereocenters. The van der Waals surface area contributed by atoms with Crippen molar-refractivity contribution < 1.29 is 8.42 Å². The molecule has 0 aromatic carbocycles.